The van der Waals surface area contributed by atoms with Gasteiger partial charge in [0, 0.05) is 17.7 Å². The van der Waals surface area contributed by atoms with Crippen LogP contribution in [0.3, 0.4) is 0 Å². The van der Waals surface area contributed by atoms with Crippen molar-refractivity contribution in [3.05, 3.63) is 66.0 Å². The Bertz CT molecular complexity index is 1150. The summed E-state index contributed by atoms with van der Waals surface area (Å²) in [7, 11) is 0. The van der Waals surface area contributed by atoms with E-state index in [1.165, 1.54) is 30.5 Å². The molecule has 1 aromatic heterocycles. The van der Waals surface area contributed by atoms with Gasteiger partial charge in [0.25, 0.3) is 11.8 Å². The Morgan fingerprint density at radius 2 is 1.58 bits per heavy atom. The Morgan fingerprint density at radius 1 is 0.903 bits per heavy atom. The minimum Gasteiger partial charge on any atom is -0.481 e. The molecule has 0 fully saturated rings. The van der Waals surface area contributed by atoms with Crippen LogP contribution in [0.25, 0.3) is 11.0 Å². The summed E-state index contributed by atoms with van der Waals surface area (Å²) in [5.41, 5.74) is 1.93. The molecule has 3 rings (SSSR count). The largest absolute Gasteiger partial charge is 0.481 e. The van der Waals surface area contributed by atoms with Crippen LogP contribution in [0.1, 0.15) is 33.7 Å². The summed E-state index contributed by atoms with van der Waals surface area (Å²) in [6.07, 6.45) is 0.736. The number of aliphatic carboxylic acids is 2. The van der Waals surface area contributed by atoms with Gasteiger partial charge in [-0.3, -0.25) is 19.4 Å². The Hall–Kier alpha value is -4.34. The third-order valence-electron chi connectivity index (χ3n) is 4.34. The van der Waals surface area contributed by atoms with Crippen LogP contribution < -0.4 is 10.6 Å². The van der Waals surface area contributed by atoms with Gasteiger partial charge in [0.05, 0.1) is 17.2 Å². The normalized spacial score (nSPS) is 11.5. The van der Waals surface area contributed by atoms with Crippen LogP contribution in [-0.2, 0) is 9.59 Å². The molecule has 31 heavy (non-hydrogen) atoms. The lowest BCUT2D eigenvalue weighted by atomic mass is 10.1. The highest BCUT2D eigenvalue weighted by Gasteiger charge is 2.21. The Labute approximate surface area is 175 Å². The number of amides is 2. The highest BCUT2D eigenvalue weighted by molar-refractivity contribution is 6.04. The first kappa shape index (κ1) is 21.4. The van der Waals surface area contributed by atoms with Crippen LogP contribution in [0, 0.1) is 0 Å². The summed E-state index contributed by atoms with van der Waals surface area (Å²) in [6.45, 7) is 0. The summed E-state index contributed by atoms with van der Waals surface area (Å²) < 4.78 is 0. The molecule has 3 aromatic rings. The van der Waals surface area contributed by atoms with Crippen molar-refractivity contribution in [3.8, 4) is 0 Å². The molecule has 0 aliphatic carbocycles. The number of aromatic nitrogens is 2. The second kappa shape index (κ2) is 9.44. The first-order valence-corrected chi connectivity index (χ1v) is 9.22. The van der Waals surface area contributed by atoms with E-state index in [-0.39, 0.29) is 24.1 Å². The molecule has 4 N–H and O–H groups in total. The van der Waals surface area contributed by atoms with E-state index < -0.39 is 29.8 Å². The number of hydrogen-bond acceptors (Lipinski definition) is 6. The predicted molar refractivity (Wildman–Crippen MR) is 110 cm³/mol. The number of fused-ring (bicyclic) bond motifs is 1. The van der Waals surface area contributed by atoms with Gasteiger partial charge in [-0.2, -0.15) is 0 Å². The minimum absolute atomic E-state index is 0.128. The molecule has 1 heterocycles. The molecule has 0 aliphatic rings. The third-order valence-corrected chi connectivity index (χ3v) is 4.34. The van der Waals surface area contributed by atoms with Gasteiger partial charge >= 0.3 is 11.9 Å². The summed E-state index contributed by atoms with van der Waals surface area (Å²) in [5, 5.41) is 22.7. The van der Waals surface area contributed by atoms with E-state index in [2.05, 4.69) is 20.6 Å². The maximum atomic E-state index is 12.4. The van der Waals surface area contributed by atoms with Crippen LogP contribution in [-0.4, -0.2) is 50.0 Å². The van der Waals surface area contributed by atoms with Crippen LogP contribution in [0.2, 0.25) is 0 Å². The van der Waals surface area contributed by atoms with Crippen LogP contribution in [0.4, 0.5) is 5.69 Å². The molecule has 158 valence electrons. The van der Waals surface area contributed by atoms with Gasteiger partial charge < -0.3 is 20.8 Å². The number of carboxylic acid groups (broad SMARTS) is 2. The lowest BCUT2D eigenvalue weighted by molar-refractivity contribution is -0.140. The molecule has 2 amide bonds. The number of carbonyl (C=O) groups is 4. The smallest absolute Gasteiger partial charge is 0.326 e. The van der Waals surface area contributed by atoms with Crippen LogP contribution >= 0.6 is 0 Å². The molecule has 0 bridgehead atoms. The number of hydrogen-bond donors (Lipinski definition) is 4. The van der Waals surface area contributed by atoms with Crippen molar-refractivity contribution in [3.63, 3.8) is 0 Å². The molecule has 0 aliphatic heterocycles. The molecule has 0 saturated carbocycles. The number of benzene rings is 2. The van der Waals surface area contributed by atoms with Crippen molar-refractivity contribution in [2.24, 2.45) is 0 Å². The van der Waals surface area contributed by atoms with Gasteiger partial charge in [-0.15, -0.1) is 0 Å². The van der Waals surface area contributed by atoms with E-state index in [4.69, 9.17) is 10.2 Å². The van der Waals surface area contributed by atoms with Gasteiger partial charge in [0.1, 0.15) is 11.7 Å². The zero-order chi connectivity index (χ0) is 22.4. The fourth-order valence-corrected chi connectivity index (χ4v) is 2.73. The van der Waals surface area contributed by atoms with Crippen molar-refractivity contribution >= 4 is 40.5 Å². The summed E-state index contributed by atoms with van der Waals surface area (Å²) in [5.74, 6) is -3.63. The highest BCUT2D eigenvalue weighted by atomic mass is 16.4. The molecule has 10 nitrogen and oxygen atoms in total. The number of nitrogens with one attached hydrogen (secondary N) is 2. The Balaban J connectivity index is 1.64. The van der Waals surface area contributed by atoms with E-state index in [9.17, 15) is 19.2 Å². The average Bonchev–Trinajstić information content (AvgIpc) is 2.76. The van der Waals surface area contributed by atoms with Crippen LogP contribution in [0.5, 0.6) is 0 Å². The fraction of sp³-hybridized carbons (Fsp3) is 0.143. The van der Waals surface area contributed by atoms with Crippen molar-refractivity contribution < 1.29 is 29.4 Å². The van der Waals surface area contributed by atoms with Crippen molar-refractivity contribution in [1.82, 2.24) is 15.3 Å². The second-order valence-corrected chi connectivity index (χ2v) is 6.57. The lowest BCUT2D eigenvalue weighted by Crippen LogP contribution is -2.41. The van der Waals surface area contributed by atoms with Crippen LogP contribution in [0.15, 0.2) is 54.7 Å². The van der Waals surface area contributed by atoms with Gasteiger partial charge in [-0.25, -0.2) is 9.78 Å². The van der Waals surface area contributed by atoms with Crippen molar-refractivity contribution in [1.29, 1.82) is 0 Å². The van der Waals surface area contributed by atoms with Gasteiger partial charge in [0.15, 0.2) is 0 Å². The predicted octanol–water partition coefficient (Wildman–Crippen LogP) is 1.93. The monoisotopic (exact) mass is 422 g/mol. The number of para-hydroxylation sites is 2. The summed E-state index contributed by atoms with van der Waals surface area (Å²) >= 11 is 0. The summed E-state index contributed by atoms with van der Waals surface area (Å²) in [6, 6.07) is 11.6. The SMILES string of the molecule is O=C(O)CCC(NC(=O)c1ccc(NC(=O)c2cnc3ccccc3n2)cc1)C(=O)O. The number of anilines is 1. The molecule has 0 spiro atoms. The van der Waals surface area contributed by atoms with Gasteiger partial charge in [-0.1, -0.05) is 12.1 Å². The molecule has 0 saturated heterocycles. The van der Waals surface area contributed by atoms with E-state index in [0.29, 0.717) is 16.7 Å². The van der Waals surface area contributed by atoms with Gasteiger partial charge in [-0.05, 0) is 42.8 Å². The zero-order valence-electron chi connectivity index (χ0n) is 16.1. The minimum atomic E-state index is -1.32. The number of carboxylic acids is 2. The Morgan fingerprint density at radius 3 is 2.23 bits per heavy atom. The molecule has 1 atom stereocenters. The average molecular weight is 422 g/mol. The fourth-order valence-electron chi connectivity index (χ4n) is 2.73. The molecule has 1 unspecified atom stereocenters. The maximum Gasteiger partial charge on any atom is 0.326 e. The topological polar surface area (TPSA) is 159 Å². The third kappa shape index (κ3) is 5.60. The first-order chi connectivity index (χ1) is 14.8. The number of nitrogens with zero attached hydrogens (tertiary/aromatic N) is 2. The molecule has 0 radical (unpaired) electrons. The van der Waals surface area contributed by atoms with Crippen molar-refractivity contribution in [2.45, 2.75) is 18.9 Å². The Kier molecular flexibility index (Phi) is 6.51. The van der Waals surface area contributed by atoms with E-state index in [1.807, 2.05) is 6.07 Å². The zero-order valence-corrected chi connectivity index (χ0v) is 16.1. The first-order valence-electron chi connectivity index (χ1n) is 9.22. The number of carbonyl (C=O) groups excluding carboxylic acids is 2. The van der Waals surface area contributed by atoms with E-state index in [0.717, 1.165) is 0 Å². The highest BCUT2D eigenvalue weighted by Crippen LogP contribution is 2.13. The molecular formula is C21H18N4O6. The quantitative estimate of drug-likeness (QED) is 0.428. The second-order valence-electron chi connectivity index (χ2n) is 6.57. The van der Waals surface area contributed by atoms with Gasteiger partial charge in [0.2, 0.25) is 0 Å². The van der Waals surface area contributed by atoms with E-state index in [1.54, 1.807) is 18.2 Å². The molecule has 2 aromatic carbocycles. The number of rotatable bonds is 8. The lowest BCUT2D eigenvalue weighted by Gasteiger charge is -2.13. The van der Waals surface area contributed by atoms with E-state index >= 15 is 0 Å². The molecule has 10 heteroatoms. The van der Waals surface area contributed by atoms with Crippen molar-refractivity contribution in [2.75, 3.05) is 5.32 Å². The standard InChI is InChI=1S/C21H18N4O6/c26-18(27)10-9-16(21(30)31)25-19(28)12-5-7-13(8-6-12)23-20(29)17-11-22-14-3-1-2-4-15(14)24-17/h1-8,11,16H,9-10H2,(H,23,29)(H,25,28)(H,26,27)(H,30,31). The molecular weight excluding hydrogens is 404 g/mol. The summed E-state index contributed by atoms with van der Waals surface area (Å²) in [4.78, 5) is 55.0. The maximum absolute atomic E-state index is 12.4.